The fourth-order valence-corrected chi connectivity index (χ4v) is 2.23. The number of ether oxygens (including phenoxy) is 1. The summed E-state index contributed by atoms with van der Waals surface area (Å²) >= 11 is 6.14. The van der Waals surface area contributed by atoms with Crippen LogP contribution in [-0.2, 0) is 6.54 Å². The van der Waals surface area contributed by atoms with Gasteiger partial charge in [-0.1, -0.05) is 35.9 Å². The first-order chi connectivity index (χ1) is 9.60. The maximum absolute atomic E-state index is 6.14. The van der Waals surface area contributed by atoms with E-state index in [9.17, 15) is 0 Å². The molecule has 2 nitrogen and oxygen atoms in total. The van der Waals surface area contributed by atoms with Crippen molar-refractivity contribution in [2.75, 3.05) is 7.11 Å². The van der Waals surface area contributed by atoms with Crippen LogP contribution in [0.4, 0.5) is 0 Å². The van der Waals surface area contributed by atoms with Gasteiger partial charge in [-0.25, -0.2) is 0 Å². The lowest BCUT2D eigenvalue weighted by molar-refractivity contribution is 0.414. The molecule has 2 aromatic rings. The van der Waals surface area contributed by atoms with Crippen molar-refractivity contribution in [1.82, 2.24) is 5.32 Å². The molecular weight excluding hydrogens is 270 g/mol. The number of rotatable bonds is 5. The molecule has 0 saturated carbocycles. The zero-order valence-electron chi connectivity index (χ0n) is 12.1. The molecule has 0 fully saturated rings. The van der Waals surface area contributed by atoms with E-state index in [1.807, 2.05) is 25.1 Å². The molecule has 0 radical (unpaired) electrons. The smallest absolute Gasteiger partial charge is 0.118 e. The van der Waals surface area contributed by atoms with E-state index in [1.165, 1.54) is 11.1 Å². The first-order valence-electron chi connectivity index (χ1n) is 6.72. The molecule has 2 rings (SSSR count). The van der Waals surface area contributed by atoms with Gasteiger partial charge in [0, 0.05) is 17.6 Å². The Morgan fingerprint density at radius 3 is 2.45 bits per heavy atom. The molecule has 1 N–H and O–H groups in total. The van der Waals surface area contributed by atoms with Crippen LogP contribution < -0.4 is 10.1 Å². The highest BCUT2D eigenvalue weighted by Crippen LogP contribution is 2.19. The van der Waals surface area contributed by atoms with Crippen molar-refractivity contribution in [3.05, 3.63) is 64.2 Å². The topological polar surface area (TPSA) is 21.3 Å². The van der Waals surface area contributed by atoms with Gasteiger partial charge < -0.3 is 10.1 Å². The van der Waals surface area contributed by atoms with E-state index < -0.39 is 0 Å². The van der Waals surface area contributed by atoms with Crippen LogP contribution in [-0.4, -0.2) is 7.11 Å². The number of methoxy groups -OCH3 is 1. The summed E-state index contributed by atoms with van der Waals surface area (Å²) in [7, 11) is 1.68. The molecule has 0 aliphatic carbocycles. The average molecular weight is 290 g/mol. The van der Waals surface area contributed by atoms with E-state index in [0.29, 0.717) is 0 Å². The predicted molar refractivity (Wildman–Crippen MR) is 84.4 cm³/mol. The van der Waals surface area contributed by atoms with Crippen LogP contribution in [0.5, 0.6) is 5.75 Å². The highest BCUT2D eigenvalue weighted by molar-refractivity contribution is 6.31. The molecule has 0 saturated heterocycles. The van der Waals surface area contributed by atoms with Crippen LogP contribution in [0.2, 0.25) is 5.02 Å². The number of hydrogen-bond donors (Lipinski definition) is 1. The van der Waals surface area contributed by atoms with Crippen LogP contribution >= 0.6 is 11.6 Å². The van der Waals surface area contributed by atoms with Gasteiger partial charge in [-0.15, -0.1) is 0 Å². The van der Waals surface area contributed by atoms with Crippen LogP contribution in [0.3, 0.4) is 0 Å². The normalized spacial score (nSPS) is 12.2. The number of aryl methyl sites for hydroxylation is 1. The standard InChI is InChI=1S/C17H20ClNO/c1-12-4-5-14(10-17(12)18)11-19-13(2)15-6-8-16(20-3)9-7-15/h4-10,13,19H,11H2,1-3H3. The maximum Gasteiger partial charge on any atom is 0.118 e. The zero-order chi connectivity index (χ0) is 14.5. The number of halogens is 1. The minimum atomic E-state index is 0.279. The first kappa shape index (κ1) is 14.9. The van der Waals surface area contributed by atoms with Crippen LogP contribution in [0.1, 0.15) is 29.7 Å². The predicted octanol–water partition coefficient (Wildman–Crippen LogP) is 4.51. The van der Waals surface area contributed by atoms with Crippen molar-refractivity contribution in [2.24, 2.45) is 0 Å². The maximum atomic E-state index is 6.14. The third-order valence-corrected chi connectivity index (χ3v) is 3.87. The molecule has 3 heteroatoms. The SMILES string of the molecule is COc1ccc(C(C)NCc2ccc(C)c(Cl)c2)cc1. The summed E-state index contributed by atoms with van der Waals surface area (Å²) < 4.78 is 5.17. The Balaban J connectivity index is 1.96. The van der Waals surface area contributed by atoms with Gasteiger partial charge in [0.1, 0.15) is 5.75 Å². The molecule has 0 aliphatic rings. The van der Waals surface area contributed by atoms with Gasteiger partial charge in [-0.05, 0) is 48.7 Å². The third-order valence-electron chi connectivity index (χ3n) is 3.46. The van der Waals surface area contributed by atoms with E-state index in [0.717, 1.165) is 22.9 Å². The van der Waals surface area contributed by atoms with Crippen molar-refractivity contribution >= 4 is 11.6 Å². The van der Waals surface area contributed by atoms with E-state index in [1.54, 1.807) is 7.11 Å². The summed E-state index contributed by atoms with van der Waals surface area (Å²) in [5, 5.41) is 4.32. The van der Waals surface area contributed by atoms with Gasteiger partial charge in [0.2, 0.25) is 0 Å². The first-order valence-corrected chi connectivity index (χ1v) is 7.10. The molecule has 0 aromatic heterocycles. The molecule has 0 bridgehead atoms. The Morgan fingerprint density at radius 2 is 1.85 bits per heavy atom. The molecule has 20 heavy (non-hydrogen) atoms. The fraction of sp³-hybridized carbons (Fsp3) is 0.294. The van der Waals surface area contributed by atoms with Crippen molar-refractivity contribution in [2.45, 2.75) is 26.4 Å². The Hall–Kier alpha value is -1.51. The molecule has 0 aliphatic heterocycles. The molecule has 2 aromatic carbocycles. The van der Waals surface area contributed by atoms with Gasteiger partial charge in [0.15, 0.2) is 0 Å². The van der Waals surface area contributed by atoms with Gasteiger partial charge in [-0.3, -0.25) is 0 Å². The lowest BCUT2D eigenvalue weighted by Crippen LogP contribution is -2.18. The lowest BCUT2D eigenvalue weighted by Gasteiger charge is -2.15. The fourth-order valence-electron chi connectivity index (χ4n) is 2.03. The van der Waals surface area contributed by atoms with Crippen molar-refractivity contribution in [3.8, 4) is 5.75 Å². The number of benzene rings is 2. The Labute approximate surface area is 125 Å². The summed E-state index contributed by atoms with van der Waals surface area (Å²) in [5.41, 5.74) is 3.54. The molecule has 106 valence electrons. The van der Waals surface area contributed by atoms with Gasteiger partial charge >= 0.3 is 0 Å². The van der Waals surface area contributed by atoms with Gasteiger partial charge in [0.05, 0.1) is 7.11 Å². The van der Waals surface area contributed by atoms with Crippen molar-refractivity contribution in [1.29, 1.82) is 0 Å². The van der Waals surface area contributed by atoms with E-state index in [4.69, 9.17) is 16.3 Å². The Bertz CT molecular complexity index is 566. The van der Waals surface area contributed by atoms with Crippen molar-refractivity contribution < 1.29 is 4.74 Å². The van der Waals surface area contributed by atoms with E-state index in [2.05, 4.69) is 36.5 Å². The highest BCUT2D eigenvalue weighted by Gasteiger charge is 2.05. The second-order valence-corrected chi connectivity index (χ2v) is 5.37. The monoisotopic (exact) mass is 289 g/mol. The molecule has 0 spiro atoms. The molecule has 1 atom stereocenters. The Kier molecular flexibility index (Phi) is 5.05. The summed E-state index contributed by atoms with van der Waals surface area (Å²) in [6, 6.07) is 14.6. The zero-order valence-corrected chi connectivity index (χ0v) is 12.9. The largest absolute Gasteiger partial charge is 0.497 e. The molecule has 0 amide bonds. The quantitative estimate of drug-likeness (QED) is 0.874. The van der Waals surface area contributed by atoms with Crippen LogP contribution in [0.15, 0.2) is 42.5 Å². The second-order valence-electron chi connectivity index (χ2n) is 4.96. The minimum absolute atomic E-state index is 0.279. The minimum Gasteiger partial charge on any atom is -0.497 e. The number of hydrogen-bond acceptors (Lipinski definition) is 2. The van der Waals surface area contributed by atoms with E-state index >= 15 is 0 Å². The van der Waals surface area contributed by atoms with Crippen LogP contribution in [0.25, 0.3) is 0 Å². The third kappa shape index (κ3) is 3.75. The van der Waals surface area contributed by atoms with Gasteiger partial charge in [-0.2, -0.15) is 0 Å². The van der Waals surface area contributed by atoms with Crippen LogP contribution in [0, 0.1) is 6.92 Å². The number of nitrogens with one attached hydrogen (secondary N) is 1. The average Bonchev–Trinajstić information content (AvgIpc) is 2.48. The Morgan fingerprint density at radius 1 is 1.15 bits per heavy atom. The van der Waals surface area contributed by atoms with E-state index in [-0.39, 0.29) is 6.04 Å². The molecule has 0 heterocycles. The summed E-state index contributed by atoms with van der Waals surface area (Å²) in [6.07, 6.45) is 0. The van der Waals surface area contributed by atoms with Gasteiger partial charge in [0.25, 0.3) is 0 Å². The summed E-state index contributed by atoms with van der Waals surface area (Å²) in [4.78, 5) is 0. The summed E-state index contributed by atoms with van der Waals surface area (Å²) in [5.74, 6) is 0.881. The molecular formula is C17H20ClNO. The molecule has 1 unspecified atom stereocenters. The second kappa shape index (κ2) is 6.78. The highest BCUT2D eigenvalue weighted by atomic mass is 35.5. The lowest BCUT2D eigenvalue weighted by atomic mass is 10.1. The van der Waals surface area contributed by atoms with Crippen molar-refractivity contribution in [3.63, 3.8) is 0 Å². The summed E-state index contributed by atoms with van der Waals surface area (Å²) in [6.45, 7) is 4.96.